The summed E-state index contributed by atoms with van der Waals surface area (Å²) in [6.45, 7) is 1.52. The Morgan fingerprint density at radius 1 is 1.62 bits per heavy atom. The molecule has 1 amide bonds. The predicted molar refractivity (Wildman–Crippen MR) is 42.8 cm³/mol. The SMILES string of the molecule is CC(S)(S)C(N)=O.Cl. The first-order valence-electron chi connectivity index (χ1n) is 1.69. The molecule has 0 saturated carbocycles. The van der Waals surface area contributed by atoms with E-state index in [2.05, 4.69) is 25.3 Å². The molecule has 0 saturated heterocycles. The molecule has 0 atom stereocenters. The number of hydrogen-bond acceptors (Lipinski definition) is 3. The highest BCUT2D eigenvalue weighted by Gasteiger charge is 2.19. The average Bonchev–Trinajstić information content (AvgIpc) is 1.31. The van der Waals surface area contributed by atoms with E-state index in [1.165, 1.54) is 6.92 Å². The highest BCUT2D eigenvalue weighted by atomic mass is 35.5. The minimum absolute atomic E-state index is 0. The van der Waals surface area contributed by atoms with Crippen LogP contribution in [0.15, 0.2) is 0 Å². The van der Waals surface area contributed by atoms with Gasteiger partial charge in [-0.1, -0.05) is 0 Å². The molecule has 0 heterocycles. The Morgan fingerprint density at radius 2 is 1.75 bits per heavy atom. The molecule has 0 bridgehead atoms. The molecular weight excluding hydrogens is 166 g/mol. The highest BCUT2D eigenvalue weighted by molar-refractivity contribution is 8.01. The van der Waals surface area contributed by atoms with E-state index in [1.807, 2.05) is 0 Å². The summed E-state index contributed by atoms with van der Waals surface area (Å²) in [6.07, 6.45) is 0. The van der Waals surface area contributed by atoms with Gasteiger partial charge in [-0.15, -0.1) is 12.4 Å². The lowest BCUT2D eigenvalue weighted by Crippen LogP contribution is -2.29. The van der Waals surface area contributed by atoms with Gasteiger partial charge in [0.15, 0.2) is 0 Å². The summed E-state index contributed by atoms with van der Waals surface area (Å²) in [6, 6.07) is 0. The fourth-order valence-electron chi connectivity index (χ4n) is 0. The van der Waals surface area contributed by atoms with E-state index in [-0.39, 0.29) is 12.4 Å². The number of carbonyl (C=O) groups is 1. The van der Waals surface area contributed by atoms with E-state index in [9.17, 15) is 4.79 Å². The van der Waals surface area contributed by atoms with Gasteiger partial charge < -0.3 is 5.73 Å². The van der Waals surface area contributed by atoms with Crippen molar-refractivity contribution in [2.75, 3.05) is 0 Å². The molecule has 0 aromatic heterocycles. The third kappa shape index (κ3) is 4.61. The number of primary amides is 1. The number of halogens is 1. The van der Waals surface area contributed by atoms with Crippen molar-refractivity contribution in [3.8, 4) is 0 Å². The van der Waals surface area contributed by atoms with Crippen molar-refractivity contribution in [3.05, 3.63) is 0 Å². The van der Waals surface area contributed by atoms with E-state index in [0.29, 0.717) is 0 Å². The van der Waals surface area contributed by atoms with Crippen LogP contribution in [-0.4, -0.2) is 9.99 Å². The minimum Gasteiger partial charge on any atom is -0.368 e. The van der Waals surface area contributed by atoms with E-state index in [4.69, 9.17) is 5.73 Å². The van der Waals surface area contributed by atoms with Crippen molar-refractivity contribution in [3.63, 3.8) is 0 Å². The fourth-order valence-corrected chi connectivity index (χ4v) is 0. The van der Waals surface area contributed by atoms with Crippen molar-refractivity contribution in [2.24, 2.45) is 5.73 Å². The van der Waals surface area contributed by atoms with Gasteiger partial charge in [0.05, 0.1) is 0 Å². The normalized spacial score (nSPS) is 9.88. The largest absolute Gasteiger partial charge is 0.368 e. The Balaban J connectivity index is 0. The van der Waals surface area contributed by atoms with Crippen molar-refractivity contribution < 1.29 is 4.79 Å². The Morgan fingerprint density at radius 3 is 1.75 bits per heavy atom. The van der Waals surface area contributed by atoms with Crippen LogP contribution in [0.3, 0.4) is 0 Å². The quantitative estimate of drug-likeness (QED) is 0.392. The lowest BCUT2D eigenvalue weighted by molar-refractivity contribution is -0.117. The zero-order valence-electron chi connectivity index (χ0n) is 4.29. The molecule has 0 aromatic carbocycles. The predicted octanol–water partition coefficient (Wildman–Crippen LogP) is 0.469. The molecule has 8 heavy (non-hydrogen) atoms. The smallest absolute Gasteiger partial charge is 0.243 e. The highest BCUT2D eigenvalue weighted by Crippen LogP contribution is 2.15. The number of rotatable bonds is 1. The van der Waals surface area contributed by atoms with Crippen molar-refractivity contribution in [1.82, 2.24) is 0 Å². The first kappa shape index (κ1) is 11.3. The number of hydrogen-bond donors (Lipinski definition) is 3. The van der Waals surface area contributed by atoms with E-state index in [0.717, 1.165) is 0 Å². The molecule has 0 aliphatic carbocycles. The summed E-state index contributed by atoms with van der Waals surface area (Å²) in [5.41, 5.74) is 4.78. The standard InChI is InChI=1S/C3H7NOS2.ClH/c1-3(6,7)2(4)5;/h6-7H,1H3,(H2,4,5);1H. The summed E-state index contributed by atoms with van der Waals surface area (Å²) < 4.78 is -0.972. The Kier molecular flexibility index (Phi) is 4.91. The van der Waals surface area contributed by atoms with Gasteiger partial charge in [-0.05, 0) is 6.92 Å². The van der Waals surface area contributed by atoms with Gasteiger partial charge in [0, 0.05) is 0 Å². The van der Waals surface area contributed by atoms with Crippen molar-refractivity contribution in [2.45, 2.75) is 11.0 Å². The van der Waals surface area contributed by atoms with Crippen LogP contribution in [0.4, 0.5) is 0 Å². The van der Waals surface area contributed by atoms with Gasteiger partial charge in [0.2, 0.25) is 5.91 Å². The lowest BCUT2D eigenvalue weighted by atomic mass is 10.4. The third-order valence-electron chi connectivity index (χ3n) is 0.467. The molecule has 0 rings (SSSR count). The van der Waals surface area contributed by atoms with Crippen LogP contribution in [0.25, 0.3) is 0 Å². The Hall–Kier alpha value is 0.460. The van der Waals surface area contributed by atoms with Crippen LogP contribution in [0.2, 0.25) is 0 Å². The van der Waals surface area contributed by atoms with E-state index < -0.39 is 9.99 Å². The first-order chi connectivity index (χ1) is 2.94. The first-order valence-corrected chi connectivity index (χ1v) is 2.58. The number of nitrogens with two attached hydrogens (primary N) is 1. The van der Waals surface area contributed by atoms with Gasteiger partial charge in [0.1, 0.15) is 4.08 Å². The number of carbonyl (C=O) groups excluding carboxylic acids is 1. The zero-order valence-corrected chi connectivity index (χ0v) is 6.89. The maximum atomic E-state index is 10.1. The molecule has 0 radical (unpaired) electrons. The maximum Gasteiger partial charge on any atom is 0.243 e. The molecule has 0 aliphatic heterocycles. The van der Waals surface area contributed by atoms with Crippen LogP contribution < -0.4 is 5.73 Å². The molecule has 0 fully saturated rings. The lowest BCUT2D eigenvalue weighted by Gasteiger charge is -2.08. The molecule has 0 unspecified atom stereocenters. The topological polar surface area (TPSA) is 43.1 Å². The summed E-state index contributed by atoms with van der Waals surface area (Å²) in [5, 5.41) is 0. The summed E-state index contributed by atoms with van der Waals surface area (Å²) in [4.78, 5) is 10.1. The molecule has 5 heteroatoms. The van der Waals surface area contributed by atoms with Crippen molar-refractivity contribution in [1.29, 1.82) is 0 Å². The van der Waals surface area contributed by atoms with Gasteiger partial charge in [-0.2, -0.15) is 25.3 Å². The molecule has 2 nitrogen and oxygen atoms in total. The summed E-state index contributed by atoms with van der Waals surface area (Å²) >= 11 is 7.48. The van der Waals surface area contributed by atoms with Crippen LogP contribution in [0, 0.1) is 0 Å². The molecule has 2 N–H and O–H groups in total. The van der Waals surface area contributed by atoms with Gasteiger partial charge in [-0.3, -0.25) is 4.79 Å². The van der Waals surface area contributed by atoms with Crippen LogP contribution in [0.5, 0.6) is 0 Å². The second kappa shape index (κ2) is 3.48. The second-order valence-corrected chi connectivity index (χ2v) is 3.53. The van der Waals surface area contributed by atoms with Gasteiger partial charge in [0.25, 0.3) is 0 Å². The van der Waals surface area contributed by atoms with Crippen LogP contribution in [-0.2, 0) is 4.79 Å². The molecule has 50 valence electrons. The Labute approximate surface area is 65.4 Å². The zero-order chi connectivity index (χ0) is 6.08. The van der Waals surface area contributed by atoms with Crippen LogP contribution in [0.1, 0.15) is 6.92 Å². The van der Waals surface area contributed by atoms with Crippen LogP contribution >= 0.6 is 37.7 Å². The Bertz CT molecular complexity index is 89.8. The van der Waals surface area contributed by atoms with E-state index >= 15 is 0 Å². The fraction of sp³-hybridized carbons (Fsp3) is 0.667. The number of thiol groups is 2. The average molecular weight is 174 g/mol. The maximum absolute atomic E-state index is 10.1. The summed E-state index contributed by atoms with van der Waals surface area (Å²) in [7, 11) is 0. The van der Waals surface area contributed by atoms with Gasteiger partial charge >= 0.3 is 0 Å². The molecule has 0 spiro atoms. The van der Waals surface area contributed by atoms with Crippen molar-refractivity contribution >= 4 is 43.6 Å². The van der Waals surface area contributed by atoms with E-state index in [1.54, 1.807) is 0 Å². The molecule has 0 aliphatic rings. The second-order valence-electron chi connectivity index (χ2n) is 1.39. The number of amides is 1. The minimum atomic E-state index is -0.972. The molecular formula is C3H8ClNOS2. The summed E-state index contributed by atoms with van der Waals surface area (Å²) in [5.74, 6) is -0.529. The molecule has 0 aromatic rings. The van der Waals surface area contributed by atoms with Gasteiger partial charge in [-0.25, -0.2) is 0 Å². The third-order valence-corrected chi connectivity index (χ3v) is 0.908. The monoisotopic (exact) mass is 173 g/mol.